The van der Waals surface area contributed by atoms with Crippen molar-refractivity contribution in [3.8, 4) is 0 Å². The minimum absolute atomic E-state index is 0.00578. The number of hydrogen-bond donors (Lipinski definition) is 1. The van der Waals surface area contributed by atoms with Crippen LogP contribution in [0.4, 0.5) is 0 Å². The van der Waals surface area contributed by atoms with Crippen LogP contribution in [-0.2, 0) is 34.3 Å². The minimum Gasteiger partial charge on any atom is -0.354 e. The first-order valence-corrected chi connectivity index (χ1v) is 8.17. The SMILES string of the molecule is Cn1ncc2c1CC(C(=O)NCCN1C(=O)CCCC1=O)CC2. The summed E-state index contributed by atoms with van der Waals surface area (Å²) < 4.78 is 1.83. The van der Waals surface area contributed by atoms with E-state index in [-0.39, 0.29) is 30.2 Å². The molecule has 7 nitrogen and oxygen atoms in total. The van der Waals surface area contributed by atoms with E-state index < -0.39 is 0 Å². The third-order valence-electron chi connectivity index (χ3n) is 4.74. The summed E-state index contributed by atoms with van der Waals surface area (Å²) in [5.74, 6) is -0.334. The molecule has 1 aromatic rings. The van der Waals surface area contributed by atoms with Gasteiger partial charge in [0.05, 0.1) is 6.20 Å². The van der Waals surface area contributed by atoms with Gasteiger partial charge >= 0.3 is 0 Å². The first kappa shape index (κ1) is 15.7. The van der Waals surface area contributed by atoms with Gasteiger partial charge in [0.15, 0.2) is 0 Å². The Kier molecular flexibility index (Phi) is 4.45. The molecule has 1 atom stereocenters. The molecule has 3 amide bonds. The van der Waals surface area contributed by atoms with Crippen LogP contribution in [0.3, 0.4) is 0 Å². The van der Waals surface area contributed by atoms with E-state index in [1.807, 2.05) is 17.9 Å². The van der Waals surface area contributed by atoms with Crippen molar-refractivity contribution in [1.29, 1.82) is 0 Å². The first-order valence-electron chi connectivity index (χ1n) is 8.17. The van der Waals surface area contributed by atoms with Crippen molar-refractivity contribution in [2.45, 2.75) is 38.5 Å². The van der Waals surface area contributed by atoms with Crippen molar-refractivity contribution < 1.29 is 14.4 Å². The summed E-state index contributed by atoms with van der Waals surface area (Å²) in [7, 11) is 1.90. The molecule has 0 saturated carbocycles. The highest BCUT2D eigenvalue weighted by atomic mass is 16.2. The topological polar surface area (TPSA) is 84.3 Å². The van der Waals surface area contributed by atoms with Crippen molar-refractivity contribution in [3.63, 3.8) is 0 Å². The van der Waals surface area contributed by atoms with Gasteiger partial charge in [-0.3, -0.25) is 24.0 Å². The van der Waals surface area contributed by atoms with E-state index in [1.165, 1.54) is 10.5 Å². The zero-order valence-corrected chi connectivity index (χ0v) is 13.4. The second kappa shape index (κ2) is 6.52. The lowest BCUT2D eigenvalue weighted by Crippen LogP contribution is -2.45. The number of carbonyl (C=O) groups is 3. The van der Waals surface area contributed by atoms with Crippen molar-refractivity contribution in [1.82, 2.24) is 20.0 Å². The van der Waals surface area contributed by atoms with Crippen molar-refractivity contribution >= 4 is 17.7 Å². The molecule has 3 rings (SSSR count). The molecule has 0 aromatic carbocycles. The molecule has 23 heavy (non-hydrogen) atoms. The summed E-state index contributed by atoms with van der Waals surface area (Å²) >= 11 is 0. The Morgan fingerprint density at radius 1 is 1.30 bits per heavy atom. The Labute approximate surface area is 135 Å². The third kappa shape index (κ3) is 3.28. The maximum Gasteiger partial charge on any atom is 0.229 e. The molecular weight excluding hydrogens is 296 g/mol. The molecule has 1 N–H and O–H groups in total. The zero-order chi connectivity index (χ0) is 16.4. The maximum absolute atomic E-state index is 12.3. The summed E-state index contributed by atoms with van der Waals surface area (Å²) in [5, 5.41) is 7.10. The van der Waals surface area contributed by atoms with Crippen LogP contribution in [0.25, 0.3) is 0 Å². The third-order valence-corrected chi connectivity index (χ3v) is 4.74. The largest absolute Gasteiger partial charge is 0.354 e. The Hall–Kier alpha value is -2.18. The standard InChI is InChI=1S/C16H22N4O3/c1-19-13-9-11(5-6-12(13)10-18-19)16(23)17-7-8-20-14(21)3-2-4-15(20)22/h10-11H,2-9H2,1H3,(H,17,23). The molecule has 1 aliphatic heterocycles. The summed E-state index contributed by atoms with van der Waals surface area (Å²) in [6.45, 7) is 0.595. The average molecular weight is 318 g/mol. The summed E-state index contributed by atoms with van der Waals surface area (Å²) in [5.41, 5.74) is 2.35. The molecule has 2 heterocycles. The first-order chi connectivity index (χ1) is 11.1. The van der Waals surface area contributed by atoms with Gasteiger partial charge in [0.2, 0.25) is 17.7 Å². The molecule has 1 fully saturated rings. The smallest absolute Gasteiger partial charge is 0.229 e. The zero-order valence-electron chi connectivity index (χ0n) is 13.4. The molecular formula is C16H22N4O3. The molecule has 1 saturated heterocycles. The number of piperidine rings is 1. The van der Waals surface area contributed by atoms with E-state index in [2.05, 4.69) is 10.4 Å². The molecule has 1 aromatic heterocycles. The maximum atomic E-state index is 12.3. The average Bonchev–Trinajstić information content (AvgIpc) is 2.91. The van der Waals surface area contributed by atoms with Gasteiger partial charge < -0.3 is 5.32 Å². The van der Waals surface area contributed by atoms with Gasteiger partial charge in [-0.25, -0.2) is 0 Å². The molecule has 0 spiro atoms. The normalized spacial score (nSPS) is 21.3. The minimum atomic E-state index is -0.132. The van der Waals surface area contributed by atoms with E-state index in [9.17, 15) is 14.4 Å². The van der Waals surface area contributed by atoms with Crippen LogP contribution in [0.5, 0.6) is 0 Å². The number of amides is 3. The van der Waals surface area contributed by atoms with Crippen LogP contribution < -0.4 is 5.32 Å². The highest BCUT2D eigenvalue weighted by Crippen LogP contribution is 2.25. The van der Waals surface area contributed by atoms with E-state index in [1.54, 1.807) is 0 Å². The number of nitrogens with zero attached hydrogens (tertiary/aromatic N) is 3. The van der Waals surface area contributed by atoms with Crippen LogP contribution in [0.2, 0.25) is 0 Å². The van der Waals surface area contributed by atoms with Crippen LogP contribution in [-0.4, -0.2) is 45.5 Å². The highest BCUT2D eigenvalue weighted by molar-refractivity contribution is 5.97. The lowest BCUT2D eigenvalue weighted by molar-refractivity contribution is -0.148. The number of likely N-dealkylation sites (tertiary alicyclic amines) is 1. The number of nitrogens with one attached hydrogen (secondary N) is 1. The predicted molar refractivity (Wildman–Crippen MR) is 82.3 cm³/mol. The number of rotatable bonds is 4. The van der Waals surface area contributed by atoms with Crippen molar-refractivity contribution in [3.05, 3.63) is 17.5 Å². The fourth-order valence-electron chi connectivity index (χ4n) is 3.35. The summed E-state index contributed by atoms with van der Waals surface area (Å²) in [4.78, 5) is 37.0. The monoisotopic (exact) mass is 318 g/mol. The van der Waals surface area contributed by atoms with Crippen molar-refractivity contribution in [2.75, 3.05) is 13.1 Å². The number of aryl methyl sites for hydroxylation is 2. The van der Waals surface area contributed by atoms with Gasteiger partial charge in [-0.15, -0.1) is 0 Å². The van der Waals surface area contributed by atoms with Gasteiger partial charge in [0.1, 0.15) is 0 Å². The number of aromatic nitrogens is 2. The Balaban J connectivity index is 1.49. The highest BCUT2D eigenvalue weighted by Gasteiger charge is 2.28. The van der Waals surface area contributed by atoms with Gasteiger partial charge in [0.25, 0.3) is 0 Å². The van der Waals surface area contributed by atoms with E-state index in [0.717, 1.165) is 18.5 Å². The predicted octanol–water partition coefficient (Wildman–Crippen LogP) is 0.180. The fraction of sp³-hybridized carbons (Fsp3) is 0.625. The Morgan fingerprint density at radius 2 is 2.04 bits per heavy atom. The number of hydrogen-bond acceptors (Lipinski definition) is 4. The van der Waals surface area contributed by atoms with Crippen LogP contribution in [0, 0.1) is 5.92 Å². The second-order valence-electron chi connectivity index (χ2n) is 6.26. The second-order valence-corrected chi connectivity index (χ2v) is 6.26. The van der Waals surface area contributed by atoms with Gasteiger partial charge in [0, 0.05) is 51.0 Å². The number of fused-ring (bicyclic) bond motifs is 1. The molecule has 2 aliphatic rings. The van der Waals surface area contributed by atoms with Crippen LogP contribution >= 0.6 is 0 Å². The van der Waals surface area contributed by atoms with E-state index in [0.29, 0.717) is 32.2 Å². The van der Waals surface area contributed by atoms with Crippen LogP contribution in [0.1, 0.15) is 36.9 Å². The molecule has 124 valence electrons. The number of imide groups is 1. The molecule has 1 aliphatic carbocycles. The molecule has 0 bridgehead atoms. The molecule has 1 unspecified atom stereocenters. The van der Waals surface area contributed by atoms with E-state index in [4.69, 9.17) is 0 Å². The Bertz CT molecular complexity index is 621. The Morgan fingerprint density at radius 3 is 2.78 bits per heavy atom. The quantitative estimate of drug-likeness (QED) is 0.803. The lowest BCUT2D eigenvalue weighted by Gasteiger charge is -2.26. The van der Waals surface area contributed by atoms with Crippen LogP contribution in [0.15, 0.2) is 6.20 Å². The van der Waals surface area contributed by atoms with Gasteiger partial charge in [-0.2, -0.15) is 5.10 Å². The molecule has 7 heteroatoms. The lowest BCUT2D eigenvalue weighted by atomic mass is 9.87. The number of carbonyl (C=O) groups excluding carboxylic acids is 3. The van der Waals surface area contributed by atoms with Gasteiger partial charge in [-0.05, 0) is 24.8 Å². The molecule has 0 radical (unpaired) electrons. The van der Waals surface area contributed by atoms with Gasteiger partial charge in [-0.1, -0.05) is 0 Å². The van der Waals surface area contributed by atoms with Crippen molar-refractivity contribution in [2.24, 2.45) is 13.0 Å². The summed E-state index contributed by atoms with van der Waals surface area (Å²) in [6.07, 6.45) is 5.72. The van der Waals surface area contributed by atoms with E-state index >= 15 is 0 Å². The fourth-order valence-corrected chi connectivity index (χ4v) is 3.35. The summed E-state index contributed by atoms with van der Waals surface area (Å²) in [6, 6.07) is 0.